The van der Waals surface area contributed by atoms with Crippen LogP contribution in [0.4, 0.5) is 0 Å². The highest BCUT2D eigenvalue weighted by Crippen LogP contribution is 2.36. The summed E-state index contributed by atoms with van der Waals surface area (Å²) in [6, 6.07) is 17.0. The lowest BCUT2D eigenvalue weighted by molar-refractivity contribution is -0.131. The molecule has 2 atom stereocenters. The monoisotopic (exact) mass is 561 g/mol. The average molecular weight is 562 g/mol. The molecule has 2 amide bonds. The zero-order valence-corrected chi connectivity index (χ0v) is 23.9. The third-order valence-electron chi connectivity index (χ3n) is 7.68. The molecule has 1 aliphatic heterocycles. The summed E-state index contributed by atoms with van der Waals surface area (Å²) in [5.41, 5.74) is 4.89. The summed E-state index contributed by atoms with van der Waals surface area (Å²) < 4.78 is 6.07. The second-order valence-electron chi connectivity index (χ2n) is 10.8. The Hall–Kier alpha value is -4.02. The Morgan fingerprint density at radius 3 is 2.66 bits per heavy atom. The van der Waals surface area contributed by atoms with Crippen LogP contribution in [-0.2, 0) is 11.4 Å². The minimum Gasteiger partial charge on any atom is -0.489 e. The molecule has 0 bridgehead atoms. The van der Waals surface area contributed by atoms with Crippen molar-refractivity contribution in [2.45, 2.75) is 65.1 Å². The van der Waals surface area contributed by atoms with Crippen molar-refractivity contribution in [3.05, 3.63) is 71.4 Å². The van der Waals surface area contributed by atoms with Gasteiger partial charge in [0.15, 0.2) is 0 Å². The van der Waals surface area contributed by atoms with Gasteiger partial charge in [0.25, 0.3) is 5.91 Å². The van der Waals surface area contributed by atoms with Gasteiger partial charge in [-0.2, -0.15) is 0 Å². The van der Waals surface area contributed by atoms with E-state index in [1.807, 2.05) is 44.2 Å². The summed E-state index contributed by atoms with van der Waals surface area (Å²) in [6.07, 6.45) is 2.85. The number of hydrogen-bond acceptors (Lipinski definition) is 8. The lowest BCUT2D eigenvalue weighted by Gasteiger charge is -2.50. The van der Waals surface area contributed by atoms with Crippen LogP contribution in [-0.4, -0.2) is 56.6 Å². The fourth-order valence-corrected chi connectivity index (χ4v) is 5.81. The molecule has 0 spiro atoms. The van der Waals surface area contributed by atoms with Crippen molar-refractivity contribution in [3.63, 3.8) is 0 Å². The van der Waals surface area contributed by atoms with Crippen LogP contribution in [0.1, 0.15) is 67.6 Å². The number of pyridine rings is 1. The number of aryl methyl sites for hydroxylation is 1. The summed E-state index contributed by atoms with van der Waals surface area (Å²) in [5.74, 6) is -0.0665. The number of hydrogen-bond donors (Lipinski definition) is 4. The van der Waals surface area contributed by atoms with E-state index in [9.17, 15) is 14.8 Å². The number of piperidine rings is 1. The predicted molar refractivity (Wildman–Crippen MR) is 156 cm³/mol. The quantitative estimate of drug-likeness (QED) is 0.114. The number of benzene rings is 2. The molecule has 4 N–H and O–H groups in total. The van der Waals surface area contributed by atoms with Gasteiger partial charge >= 0.3 is 0 Å². The Bertz CT molecular complexity index is 1390. The highest BCUT2D eigenvalue weighted by Gasteiger charge is 2.43. The highest BCUT2D eigenvalue weighted by atomic mass is 16.5. The van der Waals surface area contributed by atoms with E-state index < -0.39 is 11.6 Å². The smallest absolute Gasteiger partial charge is 0.252 e. The zero-order chi connectivity index (χ0) is 29.4. The van der Waals surface area contributed by atoms with Gasteiger partial charge < -0.3 is 15.3 Å². The van der Waals surface area contributed by atoms with Gasteiger partial charge in [-0.25, -0.2) is 5.48 Å². The Morgan fingerprint density at radius 2 is 1.95 bits per heavy atom. The number of fused-ring (bicyclic) bond motifs is 1. The standard InChI is InChI=1S/C31H39N5O5/c1-4-14-31(18-23(17-29(37)35-40)13-15-36(31)19-22(3)34-39)33-30(38)24-9-11-26(12-10-24)41-20-25-16-21(2)32-28-8-6-5-7-27(25)28/h5-12,16,23,39-40H,4,13-15,17-20H2,1-3H3,(H,33,38)(H,35,37)/b34-22-/t23?,31-/m1/s1. The number of ether oxygens (including phenoxy) is 1. The average Bonchev–Trinajstić information content (AvgIpc) is 2.97. The van der Waals surface area contributed by atoms with Crippen molar-refractivity contribution in [2.75, 3.05) is 13.1 Å². The molecule has 2 aromatic carbocycles. The number of aromatic nitrogens is 1. The number of nitrogens with zero attached hydrogens (tertiary/aromatic N) is 3. The number of carbonyl (C=O) groups excluding carboxylic acids is 2. The van der Waals surface area contributed by atoms with E-state index in [0.29, 0.717) is 56.0 Å². The molecule has 218 valence electrons. The topological polar surface area (TPSA) is 136 Å². The van der Waals surface area contributed by atoms with Crippen LogP contribution < -0.4 is 15.5 Å². The van der Waals surface area contributed by atoms with Crippen LogP contribution in [0.3, 0.4) is 0 Å². The maximum absolute atomic E-state index is 13.6. The molecule has 0 aliphatic carbocycles. The number of amides is 2. The molecule has 10 nitrogen and oxygen atoms in total. The van der Waals surface area contributed by atoms with E-state index in [-0.39, 0.29) is 18.2 Å². The second-order valence-corrected chi connectivity index (χ2v) is 10.8. The Balaban J connectivity index is 1.50. The van der Waals surface area contributed by atoms with E-state index >= 15 is 0 Å². The van der Waals surface area contributed by atoms with E-state index in [2.05, 4.69) is 20.4 Å². The van der Waals surface area contributed by atoms with Crippen LogP contribution in [0.15, 0.2) is 59.8 Å². The number of oxime groups is 1. The maximum Gasteiger partial charge on any atom is 0.252 e. The molecule has 0 radical (unpaired) electrons. The summed E-state index contributed by atoms with van der Waals surface area (Å²) in [6.45, 7) is 7.10. The van der Waals surface area contributed by atoms with E-state index in [4.69, 9.17) is 9.94 Å². The normalized spacial score (nSPS) is 19.6. The fraction of sp³-hybridized carbons (Fsp3) is 0.419. The second kappa shape index (κ2) is 13.6. The first-order valence-corrected chi connectivity index (χ1v) is 14.0. The molecule has 41 heavy (non-hydrogen) atoms. The van der Waals surface area contributed by atoms with Gasteiger partial charge in [-0.3, -0.25) is 24.7 Å². The summed E-state index contributed by atoms with van der Waals surface area (Å²) in [5, 5.41) is 26.0. The van der Waals surface area contributed by atoms with Crippen LogP contribution in [0, 0.1) is 12.8 Å². The molecule has 0 saturated carbocycles. The molecular formula is C31H39N5O5. The van der Waals surface area contributed by atoms with Crippen molar-refractivity contribution in [2.24, 2.45) is 11.1 Å². The third-order valence-corrected chi connectivity index (χ3v) is 7.68. The number of nitrogens with one attached hydrogen (secondary N) is 2. The number of rotatable bonds is 11. The molecule has 2 heterocycles. The van der Waals surface area contributed by atoms with Gasteiger partial charge in [0.1, 0.15) is 12.4 Å². The summed E-state index contributed by atoms with van der Waals surface area (Å²) in [4.78, 5) is 32.2. The number of likely N-dealkylation sites (tertiary alicyclic amines) is 1. The van der Waals surface area contributed by atoms with Gasteiger partial charge in [0, 0.05) is 41.7 Å². The highest BCUT2D eigenvalue weighted by molar-refractivity contribution is 5.95. The lowest BCUT2D eigenvalue weighted by atomic mass is 9.81. The van der Waals surface area contributed by atoms with Crippen molar-refractivity contribution >= 4 is 28.4 Å². The van der Waals surface area contributed by atoms with E-state index in [1.54, 1.807) is 36.7 Å². The Morgan fingerprint density at radius 1 is 1.20 bits per heavy atom. The SMILES string of the molecule is CCC[C@]1(NC(=O)c2ccc(OCc3cc(C)nc4ccccc34)cc2)CC(CC(=O)NO)CCN1C/C(C)=N\O. The van der Waals surface area contributed by atoms with Crippen LogP contribution >= 0.6 is 0 Å². The van der Waals surface area contributed by atoms with Gasteiger partial charge in [-0.1, -0.05) is 36.7 Å². The number of carbonyl (C=O) groups is 2. The molecule has 1 aromatic heterocycles. The number of para-hydroxylation sites is 1. The Kier molecular flexibility index (Phi) is 9.91. The summed E-state index contributed by atoms with van der Waals surface area (Å²) in [7, 11) is 0. The van der Waals surface area contributed by atoms with Gasteiger partial charge in [0.05, 0.1) is 16.9 Å². The van der Waals surface area contributed by atoms with Crippen LogP contribution in [0.5, 0.6) is 5.75 Å². The molecule has 1 fully saturated rings. The van der Waals surface area contributed by atoms with Gasteiger partial charge in [-0.05, 0) is 75.4 Å². The van der Waals surface area contributed by atoms with Crippen molar-refractivity contribution in [1.29, 1.82) is 0 Å². The summed E-state index contributed by atoms with van der Waals surface area (Å²) >= 11 is 0. The third kappa shape index (κ3) is 7.39. The molecular weight excluding hydrogens is 522 g/mol. The molecule has 1 saturated heterocycles. The molecule has 1 unspecified atom stereocenters. The molecule has 10 heteroatoms. The Labute approximate surface area is 240 Å². The maximum atomic E-state index is 13.6. The van der Waals surface area contributed by atoms with E-state index in [0.717, 1.165) is 28.6 Å². The largest absolute Gasteiger partial charge is 0.489 e. The zero-order valence-electron chi connectivity index (χ0n) is 23.9. The number of hydroxylamine groups is 1. The van der Waals surface area contributed by atoms with Crippen molar-refractivity contribution in [1.82, 2.24) is 20.7 Å². The fourth-order valence-electron chi connectivity index (χ4n) is 5.81. The van der Waals surface area contributed by atoms with Crippen LogP contribution in [0.25, 0.3) is 10.9 Å². The minimum atomic E-state index is -0.744. The van der Waals surface area contributed by atoms with Crippen LogP contribution in [0.2, 0.25) is 0 Å². The molecule has 1 aliphatic rings. The first-order valence-electron chi connectivity index (χ1n) is 14.0. The first-order chi connectivity index (χ1) is 19.8. The van der Waals surface area contributed by atoms with E-state index in [1.165, 1.54) is 0 Å². The first kappa shape index (κ1) is 30.0. The molecule has 3 aromatic rings. The molecule has 4 rings (SSSR count). The van der Waals surface area contributed by atoms with Crippen molar-refractivity contribution < 1.29 is 24.7 Å². The van der Waals surface area contributed by atoms with Gasteiger partial charge in [0.2, 0.25) is 5.91 Å². The van der Waals surface area contributed by atoms with Gasteiger partial charge in [-0.15, -0.1) is 0 Å². The minimum absolute atomic E-state index is 0.0275. The van der Waals surface area contributed by atoms with Crippen molar-refractivity contribution in [3.8, 4) is 5.75 Å². The lowest BCUT2D eigenvalue weighted by Crippen LogP contribution is -2.65. The predicted octanol–water partition coefficient (Wildman–Crippen LogP) is 4.81.